The number of hydrogen-bond donors (Lipinski definition) is 1. The third-order valence-electron chi connectivity index (χ3n) is 4.33. The number of thiophene rings is 1. The number of nitriles is 2. The summed E-state index contributed by atoms with van der Waals surface area (Å²) in [5.74, 6) is -0.768. The number of azo groups is 1. The molecule has 0 aliphatic rings. The molecular formula is C23H24ClN5O3S. The molecule has 1 N–H and O–H groups in total. The summed E-state index contributed by atoms with van der Waals surface area (Å²) in [7, 11) is 0. The van der Waals surface area contributed by atoms with Crippen LogP contribution in [-0.2, 0) is 9.53 Å². The number of aliphatic hydroxyl groups excluding tert-OH is 1. The molecule has 0 aliphatic heterocycles. The lowest BCUT2D eigenvalue weighted by Crippen LogP contribution is -2.33. The number of rotatable bonds is 9. The Hall–Kier alpha value is -3.24. The Balaban J connectivity index is 2.32. The molecule has 0 atom stereocenters. The third kappa shape index (κ3) is 6.87. The van der Waals surface area contributed by atoms with Gasteiger partial charge in [0.15, 0.2) is 5.00 Å². The highest BCUT2D eigenvalue weighted by Gasteiger charge is 2.19. The number of halogens is 1. The highest BCUT2D eigenvalue weighted by molar-refractivity contribution is 7.17. The summed E-state index contributed by atoms with van der Waals surface area (Å²) in [6.07, 6.45) is 0.906. The number of benzene rings is 1. The van der Waals surface area contributed by atoms with Gasteiger partial charge in [-0.05, 0) is 58.0 Å². The summed E-state index contributed by atoms with van der Waals surface area (Å²) < 4.78 is 5.05. The van der Waals surface area contributed by atoms with E-state index in [4.69, 9.17) is 16.3 Å². The minimum absolute atomic E-state index is 0.0508. The molecule has 0 saturated heterocycles. The number of carbonyl (C=O) groups is 1. The molecule has 0 radical (unpaired) electrons. The number of carbonyl (C=O) groups excluding carboxylic acids is 1. The molecule has 2 aromatic rings. The van der Waals surface area contributed by atoms with Gasteiger partial charge in [-0.2, -0.15) is 10.5 Å². The fraction of sp³-hybridized carbons (Fsp3) is 0.348. The van der Waals surface area contributed by atoms with E-state index in [1.165, 1.54) is 6.08 Å². The molecule has 0 bridgehead atoms. The van der Waals surface area contributed by atoms with E-state index < -0.39 is 5.97 Å². The van der Waals surface area contributed by atoms with Crippen LogP contribution < -0.4 is 4.90 Å². The van der Waals surface area contributed by atoms with E-state index in [2.05, 4.69) is 15.1 Å². The van der Waals surface area contributed by atoms with E-state index in [0.717, 1.165) is 17.0 Å². The van der Waals surface area contributed by atoms with Gasteiger partial charge in [-0.3, -0.25) is 0 Å². The molecule has 0 amide bonds. The van der Waals surface area contributed by atoms with Gasteiger partial charge < -0.3 is 14.7 Å². The Morgan fingerprint density at radius 1 is 1.24 bits per heavy atom. The van der Waals surface area contributed by atoms with Crippen molar-refractivity contribution in [2.24, 2.45) is 10.2 Å². The Morgan fingerprint density at radius 2 is 1.91 bits per heavy atom. The minimum Gasteiger partial charge on any atom is -0.459 e. The molecular weight excluding hydrogens is 462 g/mol. The molecule has 0 saturated carbocycles. The lowest BCUT2D eigenvalue weighted by Gasteiger charge is -2.28. The van der Waals surface area contributed by atoms with Crippen molar-refractivity contribution >= 4 is 51.4 Å². The van der Waals surface area contributed by atoms with E-state index >= 15 is 0 Å². The van der Waals surface area contributed by atoms with Crippen LogP contribution >= 0.6 is 22.9 Å². The fourth-order valence-corrected chi connectivity index (χ4v) is 4.10. The van der Waals surface area contributed by atoms with Crippen molar-refractivity contribution in [3.05, 3.63) is 45.3 Å². The largest absolute Gasteiger partial charge is 0.459 e. The quantitative estimate of drug-likeness (QED) is 0.208. The zero-order valence-corrected chi connectivity index (χ0v) is 20.3. The maximum Gasteiger partial charge on any atom is 0.349 e. The second-order valence-corrected chi connectivity index (χ2v) is 8.83. The monoisotopic (exact) mass is 485 g/mol. The van der Waals surface area contributed by atoms with Crippen molar-refractivity contribution in [1.82, 2.24) is 0 Å². The smallest absolute Gasteiger partial charge is 0.349 e. The second kappa shape index (κ2) is 12.1. The first-order chi connectivity index (χ1) is 15.7. The Kier molecular flexibility index (Phi) is 9.56. The number of hydrogen-bond acceptors (Lipinski definition) is 9. The van der Waals surface area contributed by atoms with Gasteiger partial charge in [0.1, 0.15) is 23.3 Å². The SMILES string of the molecule is CC(C)OC(=O)C(C#N)=Cc1sc(N=Nc2ccc(N(CCO)C(C)C)cc2)c(C#N)c1Cl. The predicted molar refractivity (Wildman–Crippen MR) is 129 cm³/mol. The van der Waals surface area contributed by atoms with Crippen molar-refractivity contribution in [2.45, 2.75) is 39.8 Å². The van der Waals surface area contributed by atoms with Crippen molar-refractivity contribution < 1.29 is 14.6 Å². The first-order valence-corrected chi connectivity index (χ1v) is 11.4. The number of ether oxygens (including phenoxy) is 1. The van der Waals surface area contributed by atoms with Gasteiger partial charge in [-0.15, -0.1) is 21.6 Å². The summed E-state index contributed by atoms with van der Waals surface area (Å²) in [4.78, 5) is 14.5. The molecule has 0 aliphatic carbocycles. The molecule has 1 aromatic heterocycles. The number of esters is 1. The second-order valence-electron chi connectivity index (χ2n) is 7.42. The number of nitrogens with zero attached hydrogens (tertiary/aromatic N) is 5. The first-order valence-electron chi connectivity index (χ1n) is 10.2. The minimum atomic E-state index is -0.768. The molecule has 2 rings (SSSR count). The molecule has 8 nitrogen and oxygen atoms in total. The van der Waals surface area contributed by atoms with Crippen LogP contribution in [0.2, 0.25) is 5.02 Å². The van der Waals surface area contributed by atoms with Gasteiger partial charge in [-0.1, -0.05) is 11.6 Å². The zero-order chi connectivity index (χ0) is 24.5. The number of anilines is 1. The lowest BCUT2D eigenvalue weighted by atomic mass is 10.2. The molecule has 0 spiro atoms. The van der Waals surface area contributed by atoms with E-state index in [9.17, 15) is 20.4 Å². The predicted octanol–water partition coefficient (Wildman–Crippen LogP) is 5.75. The summed E-state index contributed by atoms with van der Waals surface area (Å²) in [6.45, 7) is 8.01. The van der Waals surface area contributed by atoms with Crippen molar-refractivity contribution in [3.8, 4) is 12.1 Å². The maximum atomic E-state index is 12.1. The standard InChI is InChI=1S/C23H24ClN5O3S/c1-14(2)29(9-10-30)18-7-5-17(6-8-18)27-28-22-19(13-26)21(24)20(33-22)11-16(12-25)23(31)32-15(3)4/h5-8,11,14-15,30H,9-10H2,1-4H3. The molecule has 1 aromatic carbocycles. The Bertz CT molecular complexity index is 1120. The van der Waals surface area contributed by atoms with Crippen LogP contribution in [0.5, 0.6) is 0 Å². The zero-order valence-electron chi connectivity index (χ0n) is 18.7. The summed E-state index contributed by atoms with van der Waals surface area (Å²) in [5.41, 5.74) is 1.39. The molecule has 172 valence electrons. The van der Waals surface area contributed by atoms with Gasteiger partial charge in [-0.25, -0.2) is 4.79 Å². The van der Waals surface area contributed by atoms with E-state index in [0.29, 0.717) is 17.1 Å². The average Bonchev–Trinajstić information content (AvgIpc) is 3.08. The number of aliphatic hydroxyl groups is 1. The topological polar surface area (TPSA) is 122 Å². The van der Waals surface area contributed by atoms with Crippen molar-refractivity contribution in [3.63, 3.8) is 0 Å². The fourth-order valence-electron chi connectivity index (χ4n) is 2.83. The van der Waals surface area contributed by atoms with Crippen LogP contribution in [0.25, 0.3) is 6.08 Å². The molecule has 1 heterocycles. The highest BCUT2D eigenvalue weighted by atomic mass is 35.5. The van der Waals surface area contributed by atoms with Crippen molar-refractivity contribution in [2.75, 3.05) is 18.1 Å². The van der Waals surface area contributed by atoms with Crippen LogP contribution in [0, 0.1) is 22.7 Å². The van der Waals surface area contributed by atoms with Gasteiger partial charge in [0.05, 0.1) is 28.3 Å². The van der Waals surface area contributed by atoms with Gasteiger partial charge >= 0.3 is 5.97 Å². The molecule has 10 heteroatoms. The van der Waals surface area contributed by atoms with Gasteiger partial charge in [0.2, 0.25) is 0 Å². The van der Waals surface area contributed by atoms with E-state index in [-0.39, 0.29) is 39.9 Å². The Labute approximate surface area is 202 Å². The first kappa shape index (κ1) is 26.0. The average molecular weight is 486 g/mol. The molecule has 33 heavy (non-hydrogen) atoms. The van der Waals surface area contributed by atoms with Crippen molar-refractivity contribution in [1.29, 1.82) is 10.5 Å². The van der Waals surface area contributed by atoms with Gasteiger partial charge in [0.25, 0.3) is 0 Å². The lowest BCUT2D eigenvalue weighted by molar-refractivity contribution is -0.142. The van der Waals surface area contributed by atoms with Gasteiger partial charge in [0, 0.05) is 18.3 Å². The highest BCUT2D eigenvalue weighted by Crippen LogP contribution is 2.40. The van der Waals surface area contributed by atoms with Crippen LogP contribution in [0.3, 0.4) is 0 Å². The summed E-state index contributed by atoms with van der Waals surface area (Å²) >= 11 is 7.33. The van der Waals surface area contributed by atoms with Crippen LogP contribution in [0.1, 0.15) is 38.1 Å². The van der Waals surface area contributed by atoms with Crippen LogP contribution in [0.4, 0.5) is 16.4 Å². The van der Waals surface area contributed by atoms with Crippen LogP contribution in [0.15, 0.2) is 40.1 Å². The Morgan fingerprint density at radius 3 is 2.42 bits per heavy atom. The van der Waals surface area contributed by atoms with E-state index in [1.54, 1.807) is 32.0 Å². The molecule has 0 fully saturated rings. The van der Waals surface area contributed by atoms with E-state index in [1.807, 2.05) is 32.0 Å². The third-order valence-corrected chi connectivity index (χ3v) is 5.85. The summed E-state index contributed by atoms with van der Waals surface area (Å²) in [6, 6.07) is 11.3. The summed E-state index contributed by atoms with van der Waals surface area (Å²) in [5, 5.41) is 36.7. The normalized spacial score (nSPS) is 11.6. The van der Waals surface area contributed by atoms with Crippen LogP contribution in [-0.4, -0.2) is 36.4 Å². The molecule has 0 unspecified atom stereocenters. The maximum absolute atomic E-state index is 12.1.